The highest BCUT2D eigenvalue weighted by atomic mass is 127. The molecule has 0 fully saturated rings. The number of aliphatic hydroxyl groups is 1. The van der Waals surface area contributed by atoms with Gasteiger partial charge in [-0.3, -0.25) is 4.79 Å². The van der Waals surface area contributed by atoms with E-state index in [1.54, 1.807) is 0 Å². The largest absolute Gasteiger partial charge is 0.466 e. The monoisotopic (exact) mass is 488 g/mol. The minimum Gasteiger partial charge on any atom is -0.466 e. The Morgan fingerprint density at radius 2 is 2.08 bits per heavy atom. The number of alkyl halides is 3. The first-order valence-electron chi connectivity index (χ1n) is 7.15. The second kappa shape index (κ2) is 7.78. The van der Waals surface area contributed by atoms with Crippen LogP contribution in [0.25, 0.3) is 0 Å². The molecule has 1 heterocycles. The van der Waals surface area contributed by atoms with Crippen LogP contribution in [0.3, 0.4) is 0 Å². The molecule has 1 aromatic rings. The van der Waals surface area contributed by atoms with Gasteiger partial charge in [0.25, 0.3) is 5.91 Å². The van der Waals surface area contributed by atoms with Crippen LogP contribution in [0.4, 0.5) is 23.2 Å². The summed E-state index contributed by atoms with van der Waals surface area (Å²) in [5.41, 5.74) is -1.99. The van der Waals surface area contributed by atoms with Gasteiger partial charge in [0, 0.05) is 6.54 Å². The highest BCUT2D eigenvalue weighted by molar-refractivity contribution is 14.1. The molecular weight excluding hydrogens is 475 g/mol. The third kappa shape index (κ3) is 4.09. The number of ether oxygens (including phenoxy) is 1. The average Bonchev–Trinajstić information content (AvgIpc) is 2.87. The SMILES string of the molecule is COC(=O)C1=C(Nc2cc(C(F)(F)F)cc(F)c2I)C(=O)N(CCO)C1. The number of methoxy groups -OCH3 is 1. The van der Waals surface area contributed by atoms with Crippen molar-refractivity contribution in [2.45, 2.75) is 6.18 Å². The molecule has 0 unspecified atom stereocenters. The van der Waals surface area contributed by atoms with Crippen LogP contribution in [0.15, 0.2) is 23.4 Å². The van der Waals surface area contributed by atoms with Crippen molar-refractivity contribution in [1.29, 1.82) is 0 Å². The van der Waals surface area contributed by atoms with Gasteiger partial charge in [-0.1, -0.05) is 0 Å². The normalized spacial score (nSPS) is 14.9. The molecule has 0 atom stereocenters. The summed E-state index contributed by atoms with van der Waals surface area (Å²) in [6.07, 6.45) is -4.79. The third-order valence-electron chi connectivity index (χ3n) is 3.57. The summed E-state index contributed by atoms with van der Waals surface area (Å²) in [4.78, 5) is 25.4. The van der Waals surface area contributed by atoms with Crippen LogP contribution >= 0.6 is 22.6 Å². The first kappa shape index (κ1) is 20.4. The lowest BCUT2D eigenvalue weighted by molar-refractivity contribution is -0.138. The second-order valence-corrected chi connectivity index (χ2v) is 6.32. The number of benzene rings is 1. The first-order chi connectivity index (χ1) is 12.1. The van der Waals surface area contributed by atoms with E-state index < -0.39 is 29.4 Å². The van der Waals surface area contributed by atoms with Gasteiger partial charge < -0.3 is 20.1 Å². The molecule has 142 valence electrons. The zero-order chi connectivity index (χ0) is 19.6. The summed E-state index contributed by atoms with van der Waals surface area (Å²) >= 11 is 1.49. The number of aliphatic hydroxyl groups excluding tert-OH is 1. The molecule has 0 saturated heterocycles. The molecule has 0 bridgehead atoms. The van der Waals surface area contributed by atoms with E-state index in [0.29, 0.717) is 12.1 Å². The first-order valence-corrected chi connectivity index (χ1v) is 8.22. The molecule has 11 heteroatoms. The van der Waals surface area contributed by atoms with E-state index in [1.807, 2.05) is 0 Å². The lowest BCUT2D eigenvalue weighted by Crippen LogP contribution is -2.31. The number of amides is 1. The van der Waals surface area contributed by atoms with Crippen LogP contribution in [0.5, 0.6) is 0 Å². The van der Waals surface area contributed by atoms with Gasteiger partial charge in [0.05, 0.1) is 40.7 Å². The van der Waals surface area contributed by atoms with Gasteiger partial charge in [0.15, 0.2) is 0 Å². The number of nitrogens with zero attached hydrogens (tertiary/aromatic N) is 1. The Morgan fingerprint density at radius 3 is 2.62 bits per heavy atom. The van der Waals surface area contributed by atoms with E-state index in [2.05, 4.69) is 10.1 Å². The molecule has 1 aromatic carbocycles. The van der Waals surface area contributed by atoms with Crippen LogP contribution < -0.4 is 5.32 Å². The van der Waals surface area contributed by atoms with E-state index in [4.69, 9.17) is 5.11 Å². The van der Waals surface area contributed by atoms with Gasteiger partial charge in [-0.15, -0.1) is 0 Å². The Kier molecular flexibility index (Phi) is 6.11. The van der Waals surface area contributed by atoms with Gasteiger partial charge >= 0.3 is 12.1 Å². The van der Waals surface area contributed by atoms with Gasteiger partial charge in [0.2, 0.25) is 0 Å². The molecule has 2 rings (SSSR count). The quantitative estimate of drug-likeness (QED) is 0.378. The van der Waals surface area contributed by atoms with Crippen molar-refractivity contribution in [3.8, 4) is 0 Å². The number of hydrogen-bond acceptors (Lipinski definition) is 5. The van der Waals surface area contributed by atoms with E-state index in [0.717, 1.165) is 12.0 Å². The topological polar surface area (TPSA) is 78.9 Å². The molecule has 1 aliphatic rings. The molecule has 0 radical (unpaired) electrons. The van der Waals surface area contributed by atoms with Crippen molar-refractivity contribution in [2.24, 2.45) is 0 Å². The molecule has 1 aliphatic heterocycles. The Hall–Kier alpha value is -1.89. The summed E-state index contributed by atoms with van der Waals surface area (Å²) < 4.78 is 57.0. The minimum atomic E-state index is -4.79. The molecule has 6 nitrogen and oxygen atoms in total. The molecule has 0 saturated carbocycles. The predicted octanol–water partition coefficient (Wildman–Crippen LogP) is 2.12. The maximum absolute atomic E-state index is 13.9. The number of carbonyl (C=O) groups excluding carboxylic acids is 2. The van der Waals surface area contributed by atoms with Crippen molar-refractivity contribution in [3.05, 3.63) is 38.4 Å². The van der Waals surface area contributed by atoms with E-state index >= 15 is 0 Å². The lowest BCUT2D eigenvalue weighted by Gasteiger charge is -2.16. The third-order valence-corrected chi connectivity index (χ3v) is 4.67. The maximum atomic E-state index is 13.9. The Morgan fingerprint density at radius 1 is 1.42 bits per heavy atom. The van der Waals surface area contributed by atoms with Crippen LogP contribution in [0, 0.1) is 9.39 Å². The van der Waals surface area contributed by atoms with E-state index in [-0.39, 0.29) is 40.2 Å². The number of halogens is 5. The van der Waals surface area contributed by atoms with Crippen LogP contribution in [-0.4, -0.2) is 48.7 Å². The van der Waals surface area contributed by atoms with Gasteiger partial charge in [-0.25, -0.2) is 9.18 Å². The second-order valence-electron chi connectivity index (χ2n) is 5.24. The van der Waals surface area contributed by atoms with E-state index in [1.165, 1.54) is 22.6 Å². The number of anilines is 1. The molecule has 2 N–H and O–H groups in total. The predicted molar refractivity (Wildman–Crippen MR) is 90.4 cm³/mol. The fourth-order valence-electron chi connectivity index (χ4n) is 2.33. The number of nitrogens with one attached hydrogen (secondary N) is 1. The van der Waals surface area contributed by atoms with Crippen molar-refractivity contribution in [2.75, 3.05) is 32.1 Å². The summed E-state index contributed by atoms with van der Waals surface area (Å²) in [5, 5.41) is 11.4. The van der Waals surface area contributed by atoms with Crippen LogP contribution in [0.1, 0.15) is 5.56 Å². The number of carbonyl (C=O) groups is 2. The van der Waals surface area contributed by atoms with Gasteiger partial charge in [-0.2, -0.15) is 13.2 Å². The molecule has 26 heavy (non-hydrogen) atoms. The van der Waals surface area contributed by atoms with Crippen LogP contribution in [-0.2, 0) is 20.5 Å². The van der Waals surface area contributed by atoms with Gasteiger partial charge in [-0.05, 0) is 34.7 Å². The molecule has 0 aliphatic carbocycles. The van der Waals surface area contributed by atoms with Crippen molar-refractivity contribution >= 4 is 40.2 Å². The van der Waals surface area contributed by atoms with Gasteiger partial charge in [0.1, 0.15) is 11.5 Å². The summed E-state index contributed by atoms with van der Waals surface area (Å²) in [5.74, 6) is -2.70. The fourth-order valence-corrected chi connectivity index (χ4v) is 2.77. The number of esters is 1. The Labute approximate surface area is 158 Å². The Balaban J connectivity index is 2.48. The van der Waals surface area contributed by atoms with Crippen LogP contribution in [0.2, 0.25) is 0 Å². The van der Waals surface area contributed by atoms with Crippen molar-refractivity contribution in [1.82, 2.24) is 4.90 Å². The Bertz CT molecular complexity index is 780. The number of hydrogen-bond donors (Lipinski definition) is 2. The summed E-state index contributed by atoms with van der Waals surface area (Å²) in [6, 6.07) is 0.992. The highest BCUT2D eigenvalue weighted by Crippen LogP contribution is 2.35. The van der Waals surface area contributed by atoms with Crippen molar-refractivity contribution in [3.63, 3.8) is 0 Å². The maximum Gasteiger partial charge on any atom is 0.416 e. The number of rotatable bonds is 5. The fraction of sp³-hybridized carbons (Fsp3) is 0.333. The smallest absolute Gasteiger partial charge is 0.416 e. The zero-order valence-corrected chi connectivity index (χ0v) is 15.4. The molecule has 0 aromatic heterocycles. The molecule has 0 spiro atoms. The standard InChI is InChI=1S/C15H13F4IN2O4/c1-26-14(25)8-6-22(2-3-23)13(24)12(8)21-10-5-7(15(17,18)19)4-9(16)11(10)20/h4-5,21,23H,2-3,6H2,1H3. The lowest BCUT2D eigenvalue weighted by atomic mass is 10.1. The molecule has 1 amide bonds. The summed E-state index contributed by atoms with van der Waals surface area (Å²) in [6.45, 7) is -0.645. The van der Waals surface area contributed by atoms with Crippen molar-refractivity contribution < 1.29 is 37.0 Å². The average molecular weight is 488 g/mol. The summed E-state index contributed by atoms with van der Waals surface area (Å²) in [7, 11) is 1.08. The highest BCUT2D eigenvalue weighted by Gasteiger charge is 2.36. The van der Waals surface area contributed by atoms with E-state index in [9.17, 15) is 27.2 Å². The number of β-amino-alcohol motifs (C(OH)–C–C–N with tert-alkyl or cyclic N) is 1. The minimum absolute atomic E-state index is 0.0848. The molecular formula is C15H13F4IN2O4. The zero-order valence-electron chi connectivity index (χ0n) is 13.3.